The van der Waals surface area contributed by atoms with Crippen LogP contribution >= 0.6 is 11.8 Å². The first-order valence-electron chi connectivity index (χ1n) is 5.39. The number of pyridine rings is 1. The molecule has 0 radical (unpaired) electrons. The first-order chi connectivity index (χ1) is 8.60. The zero-order valence-corrected chi connectivity index (χ0v) is 11.0. The summed E-state index contributed by atoms with van der Waals surface area (Å²) < 4.78 is 0. The van der Waals surface area contributed by atoms with Crippen molar-refractivity contribution in [2.75, 3.05) is 17.3 Å². The normalized spacial score (nSPS) is 11.6. The van der Waals surface area contributed by atoms with Gasteiger partial charge in [0.05, 0.1) is 4.92 Å². The Balaban J connectivity index is 2.95. The van der Waals surface area contributed by atoms with Gasteiger partial charge in [-0.25, -0.2) is 4.98 Å². The smallest absolute Gasteiger partial charge is 0.328 e. The molecule has 0 saturated heterocycles. The summed E-state index contributed by atoms with van der Waals surface area (Å²) >= 11 is 1.71. The van der Waals surface area contributed by atoms with Crippen molar-refractivity contribution in [3.05, 3.63) is 27.9 Å². The van der Waals surface area contributed by atoms with E-state index in [0.717, 1.165) is 12.2 Å². The Hall–Kier alpha value is -1.81. The number of nitro groups is 1. The van der Waals surface area contributed by atoms with Crippen LogP contribution in [0.25, 0.3) is 0 Å². The molecule has 0 aromatic carbocycles. The van der Waals surface area contributed by atoms with E-state index in [0.29, 0.717) is 0 Å². The molecule has 1 N–H and O–H groups in total. The summed E-state index contributed by atoms with van der Waals surface area (Å²) in [5.41, 5.74) is -0.231. The van der Waals surface area contributed by atoms with Crippen molar-refractivity contribution in [1.29, 1.82) is 5.26 Å². The minimum absolute atomic E-state index is 0.0227. The van der Waals surface area contributed by atoms with Crippen molar-refractivity contribution in [1.82, 2.24) is 4.98 Å². The zero-order chi connectivity index (χ0) is 13.5. The number of aromatic nitrogens is 1. The molecule has 0 amide bonds. The van der Waals surface area contributed by atoms with Crippen molar-refractivity contribution in [2.45, 2.75) is 19.4 Å². The van der Waals surface area contributed by atoms with Crippen LogP contribution in [0.4, 0.5) is 11.5 Å². The van der Waals surface area contributed by atoms with Crippen LogP contribution in [0.2, 0.25) is 0 Å². The molecule has 7 heteroatoms. The van der Waals surface area contributed by atoms with Crippen molar-refractivity contribution < 1.29 is 4.92 Å². The maximum atomic E-state index is 11.0. The van der Waals surface area contributed by atoms with E-state index in [1.165, 1.54) is 12.3 Å². The highest BCUT2D eigenvalue weighted by Gasteiger charge is 2.21. The zero-order valence-electron chi connectivity index (χ0n) is 10.2. The van der Waals surface area contributed by atoms with E-state index in [4.69, 9.17) is 5.26 Å². The van der Waals surface area contributed by atoms with Crippen molar-refractivity contribution in [2.24, 2.45) is 0 Å². The molecule has 1 rings (SSSR count). The largest absolute Gasteiger partial charge is 0.362 e. The van der Waals surface area contributed by atoms with Crippen LogP contribution in [0.1, 0.15) is 18.9 Å². The second-order valence-electron chi connectivity index (χ2n) is 3.75. The fourth-order valence-corrected chi connectivity index (χ4v) is 2.02. The molecule has 0 spiro atoms. The molecule has 1 aromatic heterocycles. The molecule has 0 saturated carbocycles. The predicted molar refractivity (Wildman–Crippen MR) is 71.7 cm³/mol. The Morgan fingerprint density at radius 1 is 1.72 bits per heavy atom. The molecular weight excluding hydrogens is 252 g/mol. The molecule has 1 heterocycles. The second-order valence-corrected chi connectivity index (χ2v) is 4.74. The summed E-state index contributed by atoms with van der Waals surface area (Å²) in [6.07, 6.45) is 4.27. The lowest BCUT2D eigenvalue weighted by Gasteiger charge is -2.13. The van der Waals surface area contributed by atoms with Crippen LogP contribution < -0.4 is 5.32 Å². The van der Waals surface area contributed by atoms with Gasteiger partial charge in [-0.2, -0.15) is 17.0 Å². The monoisotopic (exact) mass is 266 g/mol. The molecule has 0 aliphatic carbocycles. The number of nitrogens with one attached hydrogen (secondary N) is 1. The Labute approximate surface area is 110 Å². The average Bonchev–Trinajstić information content (AvgIpc) is 2.35. The summed E-state index contributed by atoms with van der Waals surface area (Å²) in [5.74, 6) is 1.12. The minimum atomic E-state index is -0.574. The number of anilines is 1. The molecule has 1 unspecified atom stereocenters. The SMILES string of the molecule is CSCCC(C)Nc1nccc(C#N)c1[N+](=O)[O-]. The summed E-state index contributed by atoms with van der Waals surface area (Å²) in [7, 11) is 0. The summed E-state index contributed by atoms with van der Waals surface area (Å²) in [6, 6.07) is 3.22. The molecule has 6 nitrogen and oxygen atoms in total. The lowest BCUT2D eigenvalue weighted by Crippen LogP contribution is -2.18. The highest BCUT2D eigenvalue weighted by atomic mass is 32.2. The minimum Gasteiger partial charge on any atom is -0.362 e. The third-order valence-corrected chi connectivity index (χ3v) is 3.01. The maximum Gasteiger partial charge on any atom is 0.328 e. The highest BCUT2D eigenvalue weighted by Crippen LogP contribution is 2.26. The van der Waals surface area contributed by atoms with Crippen LogP contribution in [0.15, 0.2) is 12.3 Å². The molecule has 0 aliphatic rings. The van der Waals surface area contributed by atoms with E-state index in [2.05, 4.69) is 10.3 Å². The molecule has 0 bridgehead atoms. The van der Waals surface area contributed by atoms with Crippen LogP contribution in [0.5, 0.6) is 0 Å². The van der Waals surface area contributed by atoms with Crippen LogP contribution in [-0.4, -0.2) is 28.0 Å². The molecule has 1 atom stereocenters. The lowest BCUT2D eigenvalue weighted by atomic mass is 10.2. The second kappa shape index (κ2) is 6.81. The average molecular weight is 266 g/mol. The Kier molecular flexibility index (Phi) is 5.39. The van der Waals surface area contributed by atoms with E-state index in [1.807, 2.05) is 19.2 Å². The van der Waals surface area contributed by atoms with Gasteiger partial charge in [0.15, 0.2) is 0 Å². The topological polar surface area (TPSA) is 91.8 Å². The van der Waals surface area contributed by atoms with E-state index in [-0.39, 0.29) is 23.1 Å². The quantitative estimate of drug-likeness (QED) is 0.628. The first kappa shape index (κ1) is 14.3. The van der Waals surface area contributed by atoms with Gasteiger partial charge in [-0.3, -0.25) is 10.1 Å². The number of thioether (sulfide) groups is 1. The van der Waals surface area contributed by atoms with Crippen LogP contribution in [-0.2, 0) is 0 Å². The van der Waals surface area contributed by atoms with E-state index in [9.17, 15) is 10.1 Å². The number of nitrogens with zero attached hydrogens (tertiary/aromatic N) is 3. The van der Waals surface area contributed by atoms with Gasteiger partial charge in [-0.05, 0) is 31.4 Å². The number of hydrogen-bond acceptors (Lipinski definition) is 6. The Bertz CT molecular complexity index is 473. The summed E-state index contributed by atoms with van der Waals surface area (Å²) in [5, 5.41) is 22.8. The van der Waals surface area contributed by atoms with E-state index < -0.39 is 4.92 Å². The number of nitriles is 1. The van der Waals surface area contributed by atoms with Gasteiger partial charge in [0.1, 0.15) is 11.6 Å². The third-order valence-electron chi connectivity index (χ3n) is 2.37. The van der Waals surface area contributed by atoms with Crippen LogP contribution in [0.3, 0.4) is 0 Å². The molecular formula is C11H14N4O2S. The fraction of sp³-hybridized carbons (Fsp3) is 0.455. The Morgan fingerprint density at radius 2 is 2.44 bits per heavy atom. The van der Waals surface area contributed by atoms with E-state index >= 15 is 0 Å². The van der Waals surface area contributed by atoms with Gasteiger partial charge in [0.2, 0.25) is 5.82 Å². The van der Waals surface area contributed by atoms with Crippen molar-refractivity contribution in [3.8, 4) is 6.07 Å². The fourth-order valence-electron chi connectivity index (χ4n) is 1.43. The molecule has 96 valence electrons. The summed E-state index contributed by atoms with van der Waals surface area (Å²) in [6.45, 7) is 1.93. The van der Waals surface area contributed by atoms with Crippen molar-refractivity contribution in [3.63, 3.8) is 0 Å². The summed E-state index contributed by atoms with van der Waals surface area (Å²) in [4.78, 5) is 14.3. The molecule has 0 fully saturated rings. The molecule has 0 aliphatic heterocycles. The Morgan fingerprint density at radius 3 is 3.00 bits per heavy atom. The molecule has 1 aromatic rings. The standard InChI is InChI=1S/C11H14N4O2S/c1-8(4-6-18-2)14-11-10(15(16)17)9(7-12)3-5-13-11/h3,5,8H,4,6H2,1-2H3,(H,13,14). The number of rotatable bonds is 6. The number of hydrogen-bond donors (Lipinski definition) is 1. The lowest BCUT2D eigenvalue weighted by molar-refractivity contribution is -0.384. The van der Waals surface area contributed by atoms with Gasteiger partial charge in [0.25, 0.3) is 0 Å². The van der Waals surface area contributed by atoms with Gasteiger partial charge >= 0.3 is 5.69 Å². The van der Waals surface area contributed by atoms with Crippen molar-refractivity contribution >= 4 is 23.3 Å². The maximum absolute atomic E-state index is 11.0. The van der Waals surface area contributed by atoms with Gasteiger partial charge in [0, 0.05) is 12.2 Å². The van der Waals surface area contributed by atoms with Crippen LogP contribution in [0, 0.1) is 21.4 Å². The van der Waals surface area contributed by atoms with E-state index in [1.54, 1.807) is 11.8 Å². The van der Waals surface area contributed by atoms with Gasteiger partial charge in [-0.1, -0.05) is 0 Å². The predicted octanol–water partition coefficient (Wildman–Crippen LogP) is 2.41. The highest BCUT2D eigenvalue weighted by molar-refractivity contribution is 7.98. The van der Waals surface area contributed by atoms with Gasteiger partial charge < -0.3 is 5.32 Å². The third kappa shape index (κ3) is 3.60. The van der Waals surface area contributed by atoms with Gasteiger partial charge in [-0.15, -0.1) is 0 Å². The first-order valence-corrected chi connectivity index (χ1v) is 6.78. The molecule has 18 heavy (non-hydrogen) atoms.